The van der Waals surface area contributed by atoms with E-state index < -0.39 is 6.04 Å². The standard InChI is InChI=1S/C12H9Cl2NOS/c13-9-4-3-8(5-10(9)14)12(16)11(15-6-17)7-1-2-7/h3-5,7,11H,1-2H2. The highest BCUT2D eigenvalue weighted by molar-refractivity contribution is 7.78. The number of aliphatic imine (C=N–C) groups is 1. The molecule has 0 N–H and O–H groups in total. The summed E-state index contributed by atoms with van der Waals surface area (Å²) in [5.41, 5.74) is 0.519. The van der Waals surface area contributed by atoms with E-state index in [1.165, 1.54) is 0 Å². The Bertz CT molecular complexity index is 507. The third kappa shape index (κ3) is 2.93. The number of halogens is 2. The molecule has 1 aliphatic rings. The second-order valence-corrected chi connectivity index (χ2v) is 4.99. The number of thiocarbonyl (C=S) groups is 1. The molecule has 1 atom stereocenters. The lowest BCUT2D eigenvalue weighted by molar-refractivity contribution is 0.0953. The normalized spacial score (nSPS) is 16.1. The van der Waals surface area contributed by atoms with Gasteiger partial charge in [-0.05, 0) is 49.2 Å². The minimum absolute atomic E-state index is 0.0663. The first-order valence-corrected chi connectivity index (χ1v) is 6.36. The van der Waals surface area contributed by atoms with Crippen LogP contribution in [0.1, 0.15) is 23.2 Å². The number of ketones is 1. The minimum atomic E-state index is -0.412. The maximum absolute atomic E-state index is 12.2. The molecule has 88 valence electrons. The SMILES string of the molecule is O=C(c1ccc(Cl)c(Cl)c1)C(N=C=S)C1CC1. The molecule has 0 aromatic heterocycles. The molecular weight excluding hydrogens is 277 g/mol. The van der Waals surface area contributed by atoms with Gasteiger partial charge in [0.15, 0.2) is 5.78 Å². The molecule has 17 heavy (non-hydrogen) atoms. The fraction of sp³-hybridized carbons (Fsp3) is 0.333. The molecule has 1 aromatic rings. The van der Waals surface area contributed by atoms with Gasteiger partial charge in [0.05, 0.1) is 15.2 Å². The number of hydrogen-bond acceptors (Lipinski definition) is 3. The second-order valence-electron chi connectivity index (χ2n) is 4.00. The minimum Gasteiger partial charge on any atom is -0.292 e. The van der Waals surface area contributed by atoms with Gasteiger partial charge in [0.2, 0.25) is 0 Å². The van der Waals surface area contributed by atoms with Gasteiger partial charge in [-0.3, -0.25) is 4.79 Å². The average Bonchev–Trinajstić information content (AvgIpc) is 3.13. The Balaban J connectivity index is 2.28. The van der Waals surface area contributed by atoms with E-state index in [9.17, 15) is 4.79 Å². The lowest BCUT2D eigenvalue weighted by Crippen LogP contribution is -2.20. The number of benzene rings is 1. The van der Waals surface area contributed by atoms with Gasteiger partial charge >= 0.3 is 0 Å². The summed E-state index contributed by atoms with van der Waals surface area (Å²) >= 11 is 16.3. The summed E-state index contributed by atoms with van der Waals surface area (Å²) in [6, 6.07) is 4.43. The summed E-state index contributed by atoms with van der Waals surface area (Å²) in [5, 5.41) is 3.10. The van der Waals surface area contributed by atoms with Crippen LogP contribution in [0.2, 0.25) is 10.0 Å². The summed E-state index contributed by atoms with van der Waals surface area (Å²) in [4.78, 5) is 16.2. The zero-order chi connectivity index (χ0) is 12.4. The molecule has 2 nitrogen and oxygen atoms in total. The number of Topliss-reactive ketones (excluding diaryl/α,β-unsaturated/α-hetero) is 1. The molecule has 0 heterocycles. The molecule has 0 radical (unpaired) electrons. The fourth-order valence-electron chi connectivity index (χ4n) is 1.67. The number of carbonyl (C=O) groups is 1. The summed E-state index contributed by atoms with van der Waals surface area (Å²) in [6.07, 6.45) is 2.02. The molecule has 5 heteroatoms. The first-order chi connectivity index (χ1) is 8.13. The smallest absolute Gasteiger partial charge is 0.188 e. The predicted molar refractivity (Wildman–Crippen MR) is 72.3 cm³/mol. The molecule has 1 fully saturated rings. The quantitative estimate of drug-likeness (QED) is 0.474. The van der Waals surface area contributed by atoms with Gasteiger partial charge in [0.1, 0.15) is 6.04 Å². The van der Waals surface area contributed by atoms with Crippen molar-refractivity contribution < 1.29 is 4.79 Å². The van der Waals surface area contributed by atoms with Crippen molar-refractivity contribution in [3.05, 3.63) is 33.8 Å². The largest absolute Gasteiger partial charge is 0.292 e. The van der Waals surface area contributed by atoms with E-state index in [0.717, 1.165) is 12.8 Å². The Morgan fingerprint density at radius 3 is 2.65 bits per heavy atom. The molecular formula is C12H9Cl2NOS. The van der Waals surface area contributed by atoms with Gasteiger partial charge in [0.25, 0.3) is 0 Å². The van der Waals surface area contributed by atoms with Crippen molar-refractivity contribution in [2.75, 3.05) is 0 Å². The van der Waals surface area contributed by atoms with E-state index in [-0.39, 0.29) is 5.78 Å². The first-order valence-electron chi connectivity index (χ1n) is 5.19. The number of hydrogen-bond donors (Lipinski definition) is 0. The second kappa shape index (κ2) is 5.28. The topological polar surface area (TPSA) is 29.4 Å². The molecule has 0 spiro atoms. The third-order valence-corrected chi connectivity index (χ3v) is 3.58. The summed E-state index contributed by atoms with van der Waals surface area (Å²) in [5.74, 6) is 0.232. The predicted octanol–water partition coefficient (Wildman–Crippen LogP) is 4.06. The van der Waals surface area contributed by atoms with Crippen LogP contribution in [-0.4, -0.2) is 17.0 Å². The summed E-state index contributed by atoms with van der Waals surface area (Å²) < 4.78 is 0. The van der Waals surface area contributed by atoms with Crippen molar-refractivity contribution in [2.24, 2.45) is 10.9 Å². The van der Waals surface area contributed by atoms with Crippen molar-refractivity contribution in [3.8, 4) is 0 Å². The highest BCUT2D eigenvalue weighted by atomic mass is 35.5. The van der Waals surface area contributed by atoms with Crippen LogP contribution in [0.25, 0.3) is 0 Å². The summed E-state index contributed by atoms with van der Waals surface area (Å²) in [6.45, 7) is 0. The molecule has 0 amide bonds. The number of rotatable bonds is 4. The highest BCUT2D eigenvalue weighted by Gasteiger charge is 2.36. The molecule has 0 bridgehead atoms. The monoisotopic (exact) mass is 285 g/mol. The molecule has 0 saturated heterocycles. The highest BCUT2D eigenvalue weighted by Crippen LogP contribution is 2.36. The van der Waals surface area contributed by atoms with Gasteiger partial charge in [-0.1, -0.05) is 23.2 Å². The third-order valence-electron chi connectivity index (χ3n) is 2.73. The molecule has 1 aliphatic carbocycles. The zero-order valence-electron chi connectivity index (χ0n) is 8.82. The average molecular weight is 286 g/mol. The summed E-state index contributed by atoms with van der Waals surface area (Å²) in [7, 11) is 0. The van der Waals surface area contributed by atoms with Crippen molar-refractivity contribution in [1.29, 1.82) is 0 Å². The Hall–Kier alpha value is -0.730. The van der Waals surface area contributed by atoms with E-state index in [1.54, 1.807) is 18.2 Å². The van der Waals surface area contributed by atoms with Crippen molar-refractivity contribution in [1.82, 2.24) is 0 Å². The van der Waals surface area contributed by atoms with Gasteiger partial charge in [-0.15, -0.1) is 0 Å². The van der Waals surface area contributed by atoms with Crippen LogP contribution in [0.3, 0.4) is 0 Å². The van der Waals surface area contributed by atoms with Gasteiger partial charge < -0.3 is 0 Å². The molecule has 1 saturated carbocycles. The van der Waals surface area contributed by atoms with Gasteiger partial charge in [-0.25, -0.2) is 4.99 Å². The number of isothiocyanates is 1. The van der Waals surface area contributed by atoms with Crippen LogP contribution in [0.4, 0.5) is 0 Å². The van der Waals surface area contributed by atoms with Crippen molar-refractivity contribution in [3.63, 3.8) is 0 Å². The molecule has 2 rings (SSSR count). The number of carbonyl (C=O) groups excluding carboxylic acids is 1. The Morgan fingerprint density at radius 2 is 2.12 bits per heavy atom. The van der Waals surface area contributed by atoms with Crippen LogP contribution in [-0.2, 0) is 0 Å². The van der Waals surface area contributed by atoms with Gasteiger partial charge in [0, 0.05) is 5.56 Å². The lowest BCUT2D eigenvalue weighted by Gasteiger charge is -2.09. The van der Waals surface area contributed by atoms with E-state index in [0.29, 0.717) is 21.5 Å². The van der Waals surface area contributed by atoms with Crippen LogP contribution in [0.5, 0.6) is 0 Å². The van der Waals surface area contributed by atoms with E-state index in [4.69, 9.17) is 23.2 Å². The molecule has 1 aromatic carbocycles. The van der Waals surface area contributed by atoms with Gasteiger partial charge in [-0.2, -0.15) is 0 Å². The van der Waals surface area contributed by atoms with Crippen LogP contribution < -0.4 is 0 Å². The fourth-order valence-corrected chi connectivity index (χ4v) is 2.08. The van der Waals surface area contributed by atoms with Crippen molar-refractivity contribution in [2.45, 2.75) is 18.9 Å². The Morgan fingerprint density at radius 1 is 1.41 bits per heavy atom. The van der Waals surface area contributed by atoms with Crippen LogP contribution in [0.15, 0.2) is 23.2 Å². The van der Waals surface area contributed by atoms with Crippen LogP contribution in [0, 0.1) is 5.92 Å². The van der Waals surface area contributed by atoms with E-state index in [2.05, 4.69) is 22.4 Å². The maximum atomic E-state index is 12.2. The Labute approximate surface area is 115 Å². The van der Waals surface area contributed by atoms with E-state index in [1.807, 2.05) is 0 Å². The first kappa shape index (κ1) is 12.7. The van der Waals surface area contributed by atoms with E-state index >= 15 is 0 Å². The number of nitrogens with zero attached hydrogens (tertiary/aromatic N) is 1. The lowest BCUT2D eigenvalue weighted by atomic mass is 10.0. The molecule has 1 unspecified atom stereocenters. The Kier molecular flexibility index (Phi) is 3.95. The van der Waals surface area contributed by atoms with Crippen molar-refractivity contribution >= 4 is 46.4 Å². The zero-order valence-corrected chi connectivity index (χ0v) is 11.1. The molecule has 0 aliphatic heterocycles. The van der Waals surface area contributed by atoms with Crippen LogP contribution >= 0.6 is 35.4 Å². The maximum Gasteiger partial charge on any atom is 0.188 e.